The second kappa shape index (κ2) is 9.13. The predicted molar refractivity (Wildman–Crippen MR) is 110 cm³/mol. The lowest BCUT2D eigenvalue weighted by Crippen LogP contribution is -2.35. The van der Waals surface area contributed by atoms with E-state index >= 15 is 0 Å². The maximum atomic E-state index is 13.2. The van der Waals surface area contributed by atoms with Crippen molar-refractivity contribution in [2.45, 2.75) is 25.4 Å². The number of halogens is 3. The van der Waals surface area contributed by atoms with Crippen molar-refractivity contribution in [1.82, 2.24) is 5.32 Å². The number of hydrogen-bond donors (Lipinski definition) is 2. The zero-order valence-electron chi connectivity index (χ0n) is 15.5. The van der Waals surface area contributed by atoms with Gasteiger partial charge in [0, 0.05) is 19.2 Å². The molecule has 0 atom stereocenters. The van der Waals surface area contributed by atoms with Gasteiger partial charge in [0.2, 0.25) is 5.91 Å². The fraction of sp³-hybridized carbons (Fsp3) is 0.300. The smallest absolute Gasteiger partial charge is 0.416 e. The fourth-order valence-corrected chi connectivity index (χ4v) is 3.28. The van der Waals surface area contributed by atoms with Crippen molar-refractivity contribution in [3.05, 3.63) is 54.0 Å². The number of rotatable bonds is 4. The molecule has 0 bridgehead atoms. The molecule has 1 fully saturated rings. The molecule has 1 aliphatic rings. The summed E-state index contributed by atoms with van der Waals surface area (Å²) >= 11 is 5.12. The Labute approximate surface area is 171 Å². The molecule has 0 radical (unpaired) electrons. The number of amides is 1. The van der Waals surface area contributed by atoms with E-state index in [0.717, 1.165) is 44.5 Å². The van der Waals surface area contributed by atoms with Gasteiger partial charge in [0.15, 0.2) is 5.11 Å². The van der Waals surface area contributed by atoms with Gasteiger partial charge in [0.1, 0.15) is 5.76 Å². The van der Waals surface area contributed by atoms with E-state index < -0.39 is 17.6 Å². The van der Waals surface area contributed by atoms with Crippen LogP contribution in [-0.4, -0.2) is 24.1 Å². The molecule has 0 aliphatic carbocycles. The average molecular weight is 423 g/mol. The number of alkyl halides is 3. The largest absolute Gasteiger partial charge is 0.465 e. The van der Waals surface area contributed by atoms with E-state index in [-0.39, 0.29) is 10.8 Å². The van der Waals surface area contributed by atoms with Gasteiger partial charge in [-0.25, -0.2) is 0 Å². The number of nitrogens with zero attached hydrogens (tertiary/aromatic N) is 1. The van der Waals surface area contributed by atoms with Gasteiger partial charge in [-0.2, -0.15) is 13.2 Å². The van der Waals surface area contributed by atoms with Crippen molar-refractivity contribution < 1.29 is 22.4 Å². The van der Waals surface area contributed by atoms with Crippen molar-refractivity contribution in [2.75, 3.05) is 23.3 Å². The molecule has 2 heterocycles. The van der Waals surface area contributed by atoms with Crippen LogP contribution in [0.1, 0.15) is 30.6 Å². The molecule has 1 saturated heterocycles. The summed E-state index contributed by atoms with van der Waals surface area (Å²) in [7, 11) is 0. The van der Waals surface area contributed by atoms with E-state index in [2.05, 4.69) is 10.6 Å². The third-order valence-electron chi connectivity index (χ3n) is 4.45. The summed E-state index contributed by atoms with van der Waals surface area (Å²) in [5.74, 6) is -0.0327. The molecule has 0 unspecified atom stereocenters. The number of carbonyl (C=O) groups excluding carboxylic acids is 1. The van der Waals surface area contributed by atoms with E-state index in [0.29, 0.717) is 11.4 Å². The molecule has 9 heteroatoms. The minimum absolute atomic E-state index is 0.0864. The van der Waals surface area contributed by atoms with Crippen LogP contribution in [0.15, 0.2) is 47.1 Å². The first-order chi connectivity index (χ1) is 13.8. The Hall–Kier alpha value is -2.81. The number of thiocarbonyl (C=S) groups is 1. The highest BCUT2D eigenvalue weighted by Gasteiger charge is 2.31. The second-order valence-corrected chi connectivity index (χ2v) is 6.98. The summed E-state index contributed by atoms with van der Waals surface area (Å²) in [5, 5.41) is 5.09. The third kappa shape index (κ3) is 5.83. The molecule has 0 spiro atoms. The standard InChI is InChI=1S/C20H20F3N3O2S/c21-20(22,23)14-6-8-17(26-10-2-1-3-11-26)16(13-14)24-19(29)25-18(27)9-7-15-5-4-12-28-15/h4-9,12-13H,1-3,10-11H2,(H2,24,25,27,29). The van der Waals surface area contributed by atoms with E-state index in [1.807, 2.05) is 4.90 Å². The molecule has 5 nitrogen and oxygen atoms in total. The van der Waals surface area contributed by atoms with Crippen LogP contribution in [0.2, 0.25) is 0 Å². The SMILES string of the molecule is O=C(C=Cc1ccco1)NC(=S)Nc1cc(C(F)(F)F)ccc1N1CCCCC1. The minimum Gasteiger partial charge on any atom is -0.465 e. The van der Waals surface area contributed by atoms with Crippen LogP contribution < -0.4 is 15.5 Å². The van der Waals surface area contributed by atoms with Crippen molar-refractivity contribution in [2.24, 2.45) is 0 Å². The van der Waals surface area contributed by atoms with Gasteiger partial charge in [-0.1, -0.05) is 0 Å². The van der Waals surface area contributed by atoms with Gasteiger partial charge in [0.25, 0.3) is 0 Å². The number of nitrogens with one attached hydrogen (secondary N) is 2. The molecule has 0 saturated carbocycles. The summed E-state index contributed by atoms with van der Waals surface area (Å²) in [6.07, 6.45) is 2.72. The molecular weight excluding hydrogens is 403 g/mol. The highest BCUT2D eigenvalue weighted by atomic mass is 32.1. The monoisotopic (exact) mass is 423 g/mol. The maximum absolute atomic E-state index is 13.2. The van der Waals surface area contributed by atoms with Crippen molar-refractivity contribution in [3.8, 4) is 0 Å². The summed E-state index contributed by atoms with van der Waals surface area (Å²) in [6, 6.07) is 6.87. The van der Waals surface area contributed by atoms with Crippen molar-refractivity contribution >= 4 is 40.7 Å². The van der Waals surface area contributed by atoms with Gasteiger partial charge < -0.3 is 14.6 Å². The summed E-state index contributed by atoms with van der Waals surface area (Å²) < 4.78 is 44.6. The lowest BCUT2D eigenvalue weighted by atomic mass is 10.1. The number of piperidine rings is 1. The van der Waals surface area contributed by atoms with E-state index in [1.165, 1.54) is 24.5 Å². The van der Waals surface area contributed by atoms with E-state index in [4.69, 9.17) is 16.6 Å². The Morgan fingerprint density at radius 1 is 1.17 bits per heavy atom. The molecule has 1 amide bonds. The number of anilines is 2. The van der Waals surface area contributed by atoms with Crippen LogP contribution >= 0.6 is 12.2 Å². The van der Waals surface area contributed by atoms with Gasteiger partial charge in [-0.05, 0) is 67.9 Å². The first kappa shape index (κ1) is 20.9. The molecule has 154 valence electrons. The number of benzene rings is 1. The Morgan fingerprint density at radius 3 is 2.59 bits per heavy atom. The maximum Gasteiger partial charge on any atom is 0.416 e. The van der Waals surface area contributed by atoms with Crippen molar-refractivity contribution in [3.63, 3.8) is 0 Å². The average Bonchev–Trinajstić information content (AvgIpc) is 3.20. The topological polar surface area (TPSA) is 57.5 Å². The number of hydrogen-bond acceptors (Lipinski definition) is 4. The molecule has 3 rings (SSSR count). The lowest BCUT2D eigenvalue weighted by molar-refractivity contribution is -0.137. The lowest BCUT2D eigenvalue weighted by Gasteiger charge is -2.31. The Morgan fingerprint density at radius 2 is 1.93 bits per heavy atom. The quantitative estimate of drug-likeness (QED) is 0.546. The van der Waals surface area contributed by atoms with Gasteiger partial charge in [-0.3, -0.25) is 10.1 Å². The molecule has 1 aliphatic heterocycles. The molecular formula is C20H20F3N3O2S. The van der Waals surface area contributed by atoms with Crippen molar-refractivity contribution in [1.29, 1.82) is 0 Å². The van der Waals surface area contributed by atoms with Crippen LogP contribution in [0.5, 0.6) is 0 Å². The Balaban J connectivity index is 1.74. The Bertz CT molecular complexity index is 889. The van der Waals surface area contributed by atoms with Gasteiger partial charge in [-0.15, -0.1) is 0 Å². The molecule has 2 aromatic rings. The number of carbonyl (C=O) groups is 1. The zero-order chi connectivity index (χ0) is 20.9. The minimum atomic E-state index is -4.48. The highest BCUT2D eigenvalue weighted by Crippen LogP contribution is 2.36. The number of furan rings is 1. The van der Waals surface area contributed by atoms with E-state index in [1.54, 1.807) is 12.1 Å². The first-order valence-electron chi connectivity index (χ1n) is 9.13. The first-order valence-corrected chi connectivity index (χ1v) is 9.53. The highest BCUT2D eigenvalue weighted by molar-refractivity contribution is 7.80. The third-order valence-corrected chi connectivity index (χ3v) is 4.65. The summed E-state index contributed by atoms with van der Waals surface area (Å²) in [4.78, 5) is 14.0. The molecule has 1 aromatic heterocycles. The molecule has 1 aromatic carbocycles. The fourth-order valence-electron chi connectivity index (χ4n) is 3.07. The van der Waals surface area contributed by atoms with Crippen LogP contribution in [0, 0.1) is 0 Å². The normalized spacial score (nSPS) is 14.8. The van der Waals surface area contributed by atoms with Gasteiger partial charge >= 0.3 is 6.18 Å². The van der Waals surface area contributed by atoms with E-state index in [9.17, 15) is 18.0 Å². The molecule has 2 N–H and O–H groups in total. The summed E-state index contributed by atoms with van der Waals surface area (Å²) in [5.41, 5.74) is 0.0510. The van der Waals surface area contributed by atoms with Gasteiger partial charge in [0.05, 0.1) is 23.2 Å². The second-order valence-electron chi connectivity index (χ2n) is 6.57. The van der Waals surface area contributed by atoms with Crippen LogP contribution in [-0.2, 0) is 11.0 Å². The van der Waals surface area contributed by atoms with Crippen LogP contribution in [0.25, 0.3) is 6.08 Å². The van der Waals surface area contributed by atoms with Crippen LogP contribution in [0.4, 0.5) is 24.5 Å². The Kier molecular flexibility index (Phi) is 6.58. The predicted octanol–water partition coefficient (Wildman–Crippen LogP) is 4.82. The molecule has 29 heavy (non-hydrogen) atoms. The zero-order valence-corrected chi connectivity index (χ0v) is 16.3. The van der Waals surface area contributed by atoms with Crippen LogP contribution in [0.3, 0.4) is 0 Å². The summed E-state index contributed by atoms with van der Waals surface area (Å²) in [6.45, 7) is 1.51.